The summed E-state index contributed by atoms with van der Waals surface area (Å²) in [4.78, 5) is 13.5. The second-order valence-electron chi connectivity index (χ2n) is 6.32. The van der Waals surface area contributed by atoms with E-state index in [0.717, 1.165) is 36.4 Å². The van der Waals surface area contributed by atoms with Gasteiger partial charge >= 0.3 is 5.97 Å². The van der Waals surface area contributed by atoms with E-state index in [9.17, 15) is 9.90 Å². The number of rotatable bonds is 5. The molecule has 0 saturated carbocycles. The Hall–Kier alpha value is -2.49. The van der Waals surface area contributed by atoms with Crippen molar-refractivity contribution in [1.82, 2.24) is 0 Å². The molecule has 1 N–H and O–H groups in total. The Morgan fingerprint density at radius 2 is 1.92 bits per heavy atom. The van der Waals surface area contributed by atoms with E-state index >= 15 is 0 Å². The van der Waals surface area contributed by atoms with Crippen LogP contribution in [-0.2, 0) is 6.54 Å². The van der Waals surface area contributed by atoms with Gasteiger partial charge in [-0.25, -0.2) is 4.79 Å². The number of nitrogens with zero attached hydrogens (tertiary/aromatic N) is 1. The molecule has 126 valence electrons. The van der Waals surface area contributed by atoms with Gasteiger partial charge < -0.3 is 14.7 Å². The molecular weight excluding hydrogens is 302 g/mol. The molecule has 0 spiro atoms. The standard InChI is InChI=1S/C20H23NO3/c1-3-20(4-2)14-21(17-10-5-6-11-18(17)24-20)13-15-8-7-9-16(12-15)19(22)23/h5-12H,3-4,13-14H2,1-2H3,(H,22,23). The van der Waals surface area contributed by atoms with Crippen LogP contribution < -0.4 is 9.64 Å². The topological polar surface area (TPSA) is 49.8 Å². The number of aromatic carboxylic acids is 1. The lowest BCUT2D eigenvalue weighted by Crippen LogP contribution is -2.50. The minimum absolute atomic E-state index is 0.196. The smallest absolute Gasteiger partial charge is 0.335 e. The van der Waals surface area contributed by atoms with Crippen molar-refractivity contribution in [3.63, 3.8) is 0 Å². The van der Waals surface area contributed by atoms with E-state index in [1.54, 1.807) is 18.2 Å². The van der Waals surface area contributed by atoms with Gasteiger partial charge in [0.2, 0.25) is 0 Å². The number of carbonyl (C=O) groups is 1. The molecule has 1 heterocycles. The summed E-state index contributed by atoms with van der Waals surface area (Å²) in [6.45, 7) is 5.78. The van der Waals surface area contributed by atoms with Gasteiger partial charge in [0.25, 0.3) is 0 Å². The van der Waals surface area contributed by atoms with Gasteiger partial charge in [-0.1, -0.05) is 38.1 Å². The highest BCUT2D eigenvalue weighted by molar-refractivity contribution is 5.87. The lowest BCUT2D eigenvalue weighted by atomic mass is 9.93. The molecule has 0 amide bonds. The van der Waals surface area contributed by atoms with Crippen LogP contribution in [0, 0.1) is 0 Å². The maximum absolute atomic E-state index is 11.2. The van der Waals surface area contributed by atoms with Crippen LogP contribution in [-0.4, -0.2) is 23.2 Å². The molecule has 2 aromatic carbocycles. The van der Waals surface area contributed by atoms with Gasteiger partial charge in [0.1, 0.15) is 11.4 Å². The van der Waals surface area contributed by atoms with Gasteiger partial charge in [-0.05, 0) is 42.7 Å². The average Bonchev–Trinajstić information content (AvgIpc) is 2.61. The van der Waals surface area contributed by atoms with Gasteiger partial charge in [0, 0.05) is 6.54 Å². The molecule has 3 rings (SSSR count). The number of carboxylic acids is 1. The summed E-state index contributed by atoms with van der Waals surface area (Å²) in [5.74, 6) is 0.0116. The summed E-state index contributed by atoms with van der Waals surface area (Å²) in [5.41, 5.74) is 2.19. The van der Waals surface area contributed by atoms with Gasteiger partial charge in [-0.3, -0.25) is 0 Å². The molecule has 0 fully saturated rings. The summed E-state index contributed by atoms with van der Waals surface area (Å²) in [7, 11) is 0. The van der Waals surface area contributed by atoms with E-state index in [2.05, 4.69) is 24.8 Å². The second kappa shape index (κ2) is 6.56. The summed E-state index contributed by atoms with van der Waals surface area (Å²) in [5, 5.41) is 9.20. The van der Waals surface area contributed by atoms with Crippen molar-refractivity contribution in [2.45, 2.75) is 38.8 Å². The van der Waals surface area contributed by atoms with Crippen molar-refractivity contribution in [1.29, 1.82) is 0 Å². The van der Waals surface area contributed by atoms with Crippen molar-refractivity contribution in [2.24, 2.45) is 0 Å². The normalized spacial score (nSPS) is 15.5. The fourth-order valence-corrected chi connectivity index (χ4v) is 3.29. The maximum Gasteiger partial charge on any atom is 0.335 e. The predicted octanol–water partition coefficient (Wildman–Crippen LogP) is 4.34. The number of anilines is 1. The number of benzene rings is 2. The van der Waals surface area contributed by atoms with Crippen LogP contribution in [0.5, 0.6) is 5.75 Å². The van der Waals surface area contributed by atoms with Crippen LogP contribution in [0.3, 0.4) is 0 Å². The Morgan fingerprint density at radius 1 is 1.17 bits per heavy atom. The quantitative estimate of drug-likeness (QED) is 0.888. The Kier molecular flexibility index (Phi) is 4.47. The van der Waals surface area contributed by atoms with Gasteiger partial charge in [0.15, 0.2) is 0 Å². The van der Waals surface area contributed by atoms with Crippen LogP contribution in [0.15, 0.2) is 48.5 Å². The van der Waals surface area contributed by atoms with E-state index in [4.69, 9.17) is 4.74 Å². The molecule has 24 heavy (non-hydrogen) atoms. The number of fused-ring (bicyclic) bond motifs is 1. The highest BCUT2D eigenvalue weighted by Gasteiger charge is 2.36. The van der Waals surface area contributed by atoms with Crippen molar-refractivity contribution in [3.05, 3.63) is 59.7 Å². The molecule has 1 aliphatic rings. The first kappa shape index (κ1) is 16.4. The second-order valence-corrected chi connectivity index (χ2v) is 6.32. The summed E-state index contributed by atoms with van der Waals surface area (Å²) in [6, 6.07) is 15.2. The minimum Gasteiger partial charge on any atom is -0.483 e. The molecule has 0 saturated heterocycles. The lowest BCUT2D eigenvalue weighted by molar-refractivity contribution is 0.0570. The first-order valence-electron chi connectivity index (χ1n) is 8.42. The van der Waals surface area contributed by atoms with Crippen molar-refractivity contribution in [3.8, 4) is 5.75 Å². The lowest BCUT2D eigenvalue weighted by Gasteiger charge is -2.44. The first-order valence-corrected chi connectivity index (χ1v) is 8.42. The molecule has 0 aliphatic carbocycles. The minimum atomic E-state index is -0.893. The molecular formula is C20H23NO3. The van der Waals surface area contributed by atoms with Crippen LogP contribution >= 0.6 is 0 Å². The van der Waals surface area contributed by atoms with Gasteiger partial charge in [-0.15, -0.1) is 0 Å². The van der Waals surface area contributed by atoms with Crippen LogP contribution in [0.1, 0.15) is 42.6 Å². The van der Waals surface area contributed by atoms with Gasteiger partial charge in [-0.2, -0.15) is 0 Å². The number of hydrogen-bond donors (Lipinski definition) is 1. The van der Waals surface area contributed by atoms with Crippen LogP contribution in [0.2, 0.25) is 0 Å². The Morgan fingerprint density at radius 3 is 2.62 bits per heavy atom. The van der Waals surface area contributed by atoms with Crippen molar-refractivity contribution in [2.75, 3.05) is 11.4 Å². The van der Waals surface area contributed by atoms with Gasteiger partial charge in [0.05, 0.1) is 17.8 Å². The number of carboxylic acid groups (broad SMARTS) is 1. The van der Waals surface area contributed by atoms with E-state index < -0.39 is 5.97 Å². The highest BCUT2D eigenvalue weighted by atomic mass is 16.5. The zero-order valence-corrected chi connectivity index (χ0v) is 14.2. The van der Waals surface area contributed by atoms with Crippen LogP contribution in [0.25, 0.3) is 0 Å². The van der Waals surface area contributed by atoms with Crippen molar-refractivity contribution < 1.29 is 14.6 Å². The fraction of sp³-hybridized carbons (Fsp3) is 0.350. The third-order valence-corrected chi connectivity index (χ3v) is 4.85. The first-order chi connectivity index (χ1) is 11.6. The Labute approximate surface area is 142 Å². The Balaban J connectivity index is 1.94. The maximum atomic E-state index is 11.2. The zero-order valence-electron chi connectivity index (χ0n) is 14.2. The van der Waals surface area contributed by atoms with E-state index in [1.165, 1.54) is 0 Å². The Bertz CT molecular complexity index is 737. The molecule has 2 aromatic rings. The molecule has 0 atom stereocenters. The molecule has 0 unspecified atom stereocenters. The zero-order chi connectivity index (χ0) is 17.2. The molecule has 4 heteroatoms. The van der Waals surface area contributed by atoms with Crippen LogP contribution in [0.4, 0.5) is 5.69 Å². The summed E-state index contributed by atoms with van der Waals surface area (Å²) < 4.78 is 6.31. The molecule has 0 radical (unpaired) electrons. The van der Waals surface area contributed by atoms with E-state index in [1.807, 2.05) is 24.3 Å². The largest absolute Gasteiger partial charge is 0.483 e. The van der Waals surface area contributed by atoms with E-state index in [0.29, 0.717) is 12.1 Å². The van der Waals surface area contributed by atoms with Crippen molar-refractivity contribution >= 4 is 11.7 Å². The third kappa shape index (κ3) is 3.09. The predicted molar refractivity (Wildman–Crippen MR) is 94.8 cm³/mol. The highest BCUT2D eigenvalue weighted by Crippen LogP contribution is 2.40. The number of ether oxygens (including phenoxy) is 1. The molecule has 0 aromatic heterocycles. The monoisotopic (exact) mass is 325 g/mol. The summed E-state index contributed by atoms with van der Waals surface area (Å²) in [6.07, 6.45) is 1.87. The summed E-state index contributed by atoms with van der Waals surface area (Å²) >= 11 is 0. The molecule has 0 bridgehead atoms. The molecule has 1 aliphatic heterocycles. The molecule has 4 nitrogen and oxygen atoms in total. The number of hydrogen-bond acceptors (Lipinski definition) is 3. The third-order valence-electron chi connectivity index (χ3n) is 4.85. The average molecular weight is 325 g/mol. The fourth-order valence-electron chi connectivity index (χ4n) is 3.29. The number of para-hydroxylation sites is 2. The van der Waals surface area contributed by atoms with E-state index in [-0.39, 0.29) is 5.60 Å². The SMILES string of the molecule is CCC1(CC)CN(Cc2cccc(C(=O)O)c2)c2ccccc2O1.